The highest BCUT2D eigenvalue weighted by molar-refractivity contribution is 5.89. The molecule has 0 aromatic heterocycles. The number of nitrogens with two attached hydrogens (primary N) is 2. The summed E-state index contributed by atoms with van der Waals surface area (Å²) in [5, 5.41) is 2.61. The lowest BCUT2D eigenvalue weighted by molar-refractivity contribution is -0.130. The summed E-state index contributed by atoms with van der Waals surface area (Å²) in [6.07, 6.45) is 2.09. The van der Waals surface area contributed by atoms with E-state index in [4.69, 9.17) is 11.5 Å². The number of amides is 2. The van der Waals surface area contributed by atoms with Crippen LogP contribution in [0, 0.1) is 5.92 Å². The first-order valence-corrected chi connectivity index (χ1v) is 5.60. The molecule has 0 spiro atoms. The molecule has 5 heteroatoms. The molecular formula is C11H23N3O2. The highest BCUT2D eigenvalue weighted by Gasteiger charge is 2.26. The lowest BCUT2D eigenvalue weighted by Crippen LogP contribution is -2.53. The maximum absolute atomic E-state index is 11.5. The van der Waals surface area contributed by atoms with Crippen LogP contribution in [0.1, 0.15) is 40.0 Å². The molecule has 0 rings (SSSR count). The van der Waals surface area contributed by atoms with Gasteiger partial charge < -0.3 is 16.8 Å². The van der Waals surface area contributed by atoms with Gasteiger partial charge in [0.2, 0.25) is 11.8 Å². The van der Waals surface area contributed by atoms with E-state index in [1.807, 2.05) is 0 Å². The molecule has 16 heavy (non-hydrogen) atoms. The van der Waals surface area contributed by atoms with Gasteiger partial charge in [0.1, 0.15) is 5.54 Å². The van der Waals surface area contributed by atoms with Gasteiger partial charge in [0.25, 0.3) is 0 Å². The molecule has 0 saturated carbocycles. The Morgan fingerprint density at radius 3 is 2.31 bits per heavy atom. The summed E-state index contributed by atoms with van der Waals surface area (Å²) in [6.45, 7) is 5.88. The number of nitrogens with one attached hydrogen (secondary N) is 1. The first kappa shape index (κ1) is 14.9. The summed E-state index contributed by atoms with van der Waals surface area (Å²) >= 11 is 0. The van der Waals surface area contributed by atoms with E-state index in [0.717, 1.165) is 12.8 Å². The maximum atomic E-state index is 11.5. The largest absolute Gasteiger partial charge is 0.368 e. The Morgan fingerprint density at radius 1 is 1.31 bits per heavy atom. The number of carbonyl (C=O) groups is 2. The van der Waals surface area contributed by atoms with E-state index >= 15 is 0 Å². The smallest absolute Gasteiger partial charge is 0.242 e. The molecule has 0 heterocycles. The van der Waals surface area contributed by atoms with Crippen LogP contribution in [0.5, 0.6) is 0 Å². The second-order valence-corrected chi connectivity index (χ2v) is 4.76. The Hall–Kier alpha value is -1.10. The zero-order valence-electron chi connectivity index (χ0n) is 10.4. The second-order valence-electron chi connectivity index (χ2n) is 4.76. The van der Waals surface area contributed by atoms with Crippen LogP contribution < -0.4 is 16.8 Å². The number of rotatable bonds is 7. The summed E-state index contributed by atoms with van der Waals surface area (Å²) in [5.41, 5.74) is 9.59. The monoisotopic (exact) mass is 229 g/mol. The number of primary amides is 1. The Labute approximate surface area is 96.9 Å². The van der Waals surface area contributed by atoms with Crippen LogP contribution in [0.25, 0.3) is 0 Å². The van der Waals surface area contributed by atoms with Crippen molar-refractivity contribution in [3.8, 4) is 0 Å². The summed E-state index contributed by atoms with van der Waals surface area (Å²) in [5.74, 6) is -0.254. The molecule has 5 N–H and O–H groups in total. The third-order valence-electron chi connectivity index (χ3n) is 2.59. The Balaban J connectivity index is 3.96. The van der Waals surface area contributed by atoms with Crippen molar-refractivity contribution in [1.82, 2.24) is 5.32 Å². The van der Waals surface area contributed by atoms with Crippen LogP contribution in [0.2, 0.25) is 0 Å². The Kier molecular flexibility index (Phi) is 6.03. The molecule has 0 aromatic rings. The van der Waals surface area contributed by atoms with Crippen LogP contribution >= 0.6 is 0 Å². The van der Waals surface area contributed by atoms with E-state index in [-0.39, 0.29) is 5.91 Å². The lowest BCUT2D eigenvalue weighted by atomic mass is 10.00. The Bertz CT molecular complexity index is 252. The van der Waals surface area contributed by atoms with Crippen molar-refractivity contribution >= 4 is 11.8 Å². The fraction of sp³-hybridized carbons (Fsp3) is 0.818. The van der Waals surface area contributed by atoms with E-state index in [2.05, 4.69) is 12.2 Å². The molecule has 94 valence electrons. The molecule has 0 aliphatic rings. The second kappa shape index (κ2) is 6.48. The molecular weight excluding hydrogens is 206 g/mol. The van der Waals surface area contributed by atoms with Gasteiger partial charge in [0.05, 0.1) is 0 Å². The fourth-order valence-corrected chi connectivity index (χ4v) is 1.28. The van der Waals surface area contributed by atoms with E-state index < -0.39 is 11.4 Å². The van der Waals surface area contributed by atoms with E-state index in [1.165, 1.54) is 0 Å². The number of hydrogen-bond acceptors (Lipinski definition) is 3. The quantitative estimate of drug-likeness (QED) is 0.578. The Morgan fingerprint density at radius 2 is 1.88 bits per heavy atom. The van der Waals surface area contributed by atoms with Crippen LogP contribution in [-0.2, 0) is 9.59 Å². The van der Waals surface area contributed by atoms with E-state index in [1.54, 1.807) is 13.8 Å². The van der Waals surface area contributed by atoms with Crippen LogP contribution in [0.15, 0.2) is 0 Å². The minimum Gasteiger partial charge on any atom is -0.368 e. The summed E-state index contributed by atoms with van der Waals surface area (Å²) in [6, 6.07) is 0. The number of carbonyl (C=O) groups excluding carboxylic acids is 2. The van der Waals surface area contributed by atoms with Crippen LogP contribution in [-0.4, -0.2) is 23.9 Å². The van der Waals surface area contributed by atoms with Crippen LogP contribution in [0.4, 0.5) is 0 Å². The average Bonchev–Trinajstić information content (AvgIpc) is 2.14. The molecule has 0 aliphatic heterocycles. The van der Waals surface area contributed by atoms with Crippen molar-refractivity contribution in [3.63, 3.8) is 0 Å². The molecule has 2 amide bonds. The minimum atomic E-state index is -0.978. The van der Waals surface area contributed by atoms with Gasteiger partial charge >= 0.3 is 0 Å². The molecule has 0 fully saturated rings. The maximum Gasteiger partial charge on any atom is 0.242 e. The molecule has 0 aromatic carbocycles. The molecule has 1 unspecified atom stereocenters. The van der Waals surface area contributed by atoms with Gasteiger partial charge in [-0.3, -0.25) is 9.59 Å². The normalized spacial score (nSPS) is 13.2. The van der Waals surface area contributed by atoms with Crippen molar-refractivity contribution in [1.29, 1.82) is 0 Å². The molecule has 0 saturated heterocycles. The average molecular weight is 229 g/mol. The summed E-state index contributed by atoms with van der Waals surface area (Å²) in [7, 11) is 0. The highest BCUT2D eigenvalue weighted by atomic mass is 16.2. The number of hydrogen-bond donors (Lipinski definition) is 3. The van der Waals surface area contributed by atoms with Crippen molar-refractivity contribution < 1.29 is 9.59 Å². The fourth-order valence-electron chi connectivity index (χ4n) is 1.28. The first-order chi connectivity index (χ1) is 7.29. The summed E-state index contributed by atoms with van der Waals surface area (Å²) in [4.78, 5) is 22.5. The zero-order valence-corrected chi connectivity index (χ0v) is 10.4. The van der Waals surface area contributed by atoms with Gasteiger partial charge in [-0.15, -0.1) is 0 Å². The standard InChI is InChI=1S/C11H23N3O2/c1-8(6-7-12)4-5-9(15)14-11(2,3)10(13)16/h8H,4-7,12H2,1-3H3,(H2,13,16)(H,14,15). The van der Waals surface area contributed by atoms with Gasteiger partial charge in [0.15, 0.2) is 0 Å². The SMILES string of the molecule is CC(CCN)CCC(=O)NC(C)(C)C(N)=O. The predicted molar refractivity (Wildman–Crippen MR) is 63.5 cm³/mol. The zero-order chi connectivity index (χ0) is 12.8. The predicted octanol–water partition coefficient (Wildman–Crippen LogP) is 0.132. The first-order valence-electron chi connectivity index (χ1n) is 5.60. The summed E-state index contributed by atoms with van der Waals surface area (Å²) < 4.78 is 0. The van der Waals surface area contributed by atoms with Crippen molar-refractivity contribution in [2.24, 2.45) is 17.4 Å². The van der Waals surface area contributed by atoms with E-state index in [0.29, 0.717) is 18.9 Å². The van der Waals surface area contributed by atoms with E-state index in [9.17, 15) is 9.59 Å². The topological polar surface area (TPSA) is 98.2 Å². The highest BCUT2D eigenvalue weighted by Crippen LogP contribution is 2.10. The lowest BCUT2D eigenvalue weighted by Gasteiger charge is -2.22. The molecule has 5 nitrogen and oxygen atoms in total. The third kappa shape index (κ3) is 5.70. The van der Waals surface area contributed by atoms with Gasteiger partial charge in [0, 0.05) is 6.42 Å². The van der Waals surface area contributed by atoms with Gasteiger partial charge in [-0.05, 0) is 39.2 Å². The molecule has 0 aliphatic carbocycles. The van der Waals surface area contributed by atoms with Gasteiger partial charge in [-0.1, -0.05) is 6.92 Å². The molecule has 1 atom stereocenters. The van der Waals surface area contributed by atoms with Crippen molar-refractivity contribution in [3.05, 3.63) is 0 Å². The van der Waals surface area contributed by atoms with Crippen LogP contribution in [0.3, 0.4) is 0 Å². The van der Waals surface area contributed by atoms with Crippen molar-refractivity contribution in [2.45, 2.75) is 45.6 Å². The molecule has 0 radical (unpaired) electrons. The van der Waals surface area contributed by atoms with Gasteiger partial charge in [-0.25, -0.2) is 0 Å². The van der Waals surface area contributed by atoms with Crippen molar-refractivity contribution in [2.75, 3.05) is 6.54 Å². The minimum absolute atomic E-state index is 0.146. The van der Waals surface area contributed by atoms with Gasteiger partial charge in [-0.2, -0.15) is 0 Å². The third-order valence-corrected chi connectivity index (χ3v) is 2.59. The molecule has 0 bridgehead atoms.